The van der Waals surface area contributed by atoms with Crippen LogP contribution in [0.4, 0.5) is 0 Å². The fourth-order valence-electron chi connectivity index (χ4n) is 0. The molecule has 0 saturated heterocycles. The number of hydrogen-bond donors (Lipinski definition) is 1. The first-order valence-corrected chi connectivity index (χ1v) is 1.53. The van der Waals surface area contributed by atoms with E-state index in [2.05, 4.69) is 6.58 Å². The molecule has 0 aliphatic heterocycles. The topological polar surface area (TPSA) is 37.3 Å². The van der Waals surface area contributed by atoms with E-state index >= 15 is 0 Å². The van der Waals surface area contributed by atoms with Gasteiger partial charge in [0.15, 0.2) is 0 Å². The molecule has 0 aromatic rings. The van der Waals surface area contributed by atoms with Gasteiger partial charge in [-0.05, 0) is 6.92 Å². The standard InChI is InChI=1S/C4H6O2.ClH.La/c1-3(2)4(5)6;;/h1H2,2H3,(H,5,6);1H;. The van der Waals surface area contributed by atoms with Crippen LogP contribution in [0.1, 0.15) is 6.92 Å². The van der Waals surface area contributed by atoms with E-state index in [1.54, 1.807) is 0 Å². The minimum absolute atomic E-state index is 0. The van der Waals surface area contributed by atoms with Gasteiger partial charge in [0.25, 0.3) is 0 Å². The van der Waals surface area contributed by atoms with Gasteiger partial charge < -0.3 is 5.11 Å². The Labute approximate surface area is 82.4 Å². The van der Waals surface area contributed by atoms with Crippen molar-refractivity contribution < 1.29 is 45.5 Å². The molecular formula is C4H7ClLaO2. The van der Waals surface area contributed by atoms with Crippen molar-refractivity contribution in [3.63, 3.8) is 0 Å². The van der Waals surface area contributed by atoms with Crippen LogP contribution in [0.2, 0.25) is 0 Å². The van der Waals surface area contributed by atoms with Crippen LogP contribution >= 0.6 is 12.4 Å². The molecule has 0 bridgehead atoms. The van der Waals surface area contributed by atoms with Crippen LogP contribution in [0.15, 0.2) is 12.2 Å². The van der Waals surface area contributed by atoms with E-state index in [1.165, 1.54) is 6.92 Å². The van der Waals surface area contributed by atoms with Crippen LogP contribution in [-0.2, 0) is 4.79 Å². The van der Waals surface area contributed by atoms with Crippen LogP contribution in [0.5, 0.6) is 0 Å². The molecule has 0 rings (SSSR count). The van der Waals surface area contributed by atoms with Crippen molar-refractivity contribution in [2.75, 3.05) is 0 Å². The average molecular weight is 261 g/mol. The summed E-state index contributed by atoms with van der Waals surface area (Å²) in [5.74, 6) is -0.935. The first-order valence-electron chi connectivity index (χ1n) is 1.53. The monoisotopic (exact) mass is 261 g/mol. The van der Waals surface area contributed by atoms with Crippen LogP contribution in [-0.4, -0.2) is 11.1 Å². The molecule has 0 aliphatic carbocycles. The van der Waals surface area contributed by atoms with Crippen molar-refractivity contribution >= 4 is 18.4 Å². The summed E-state index contributed by atoms with van der Waals surface area (Å²) in [5, 5.41) is 7.89. The van der Waals surface area contributed by atoms with Gasteiger partial charge in [0.05, 0.1) is 0 Å². The quantitative estimate of drug-likeness (QED) is 0.717. The average Bonchev–Trinajstić information content (AvgIpc) is 1.36. The molecular weight excluding hydrogens is 254 g/mol. The summed E-state index contributed by atoms with van der Waals surface area (Å²) in [4.78, 5) is 9.60. The Bertz CT molecular complexity index is 80.0. The molecule has 0 aliphatic rings. The van der Waals surface area contributed by atoms with Gasteiger partial charge in [-0.25, -0.2) is 4.79 Å². The Morgan fingerprint density at radius 3 is 1.75 bits per heavy atom. The fraction of sp³-hybridized carbons (Fsp3) is 0.250. The van der Waals surface area contributed by atoms with Gasteiger partial charge in [-0.2, -0.15) is 0 Å². The fourth-order valence-corrected chi connectivity index (χ4v) is 0. The minimum Gasteiger partial charge on any atom is -0.478 e. The van der Waals surface area contributed by atoms with E-state index in [9.17, 15) is 4.79 Å². The molecule has 0 saturated carbocycles. The Hall–Kier alpha value is 0.695. The van der Waals surface area contributed by atoms with E-state index in [4.69, 9.17) is 5.11 Å². The summed E-state index contributed by atoms with van der Waals surface area (Å²) >= 11 is 0. The number of carboxylic acid groups (broad SMARTS) is 1. The van der Waals surface area contributed by atoms with Gasteiger partial charge in [-0.3, -0.25) is 0 Å². The number of hydrogen-bond acceptors (Lipinski definition) is 1. The van der Waals surface area contributed by atoms with Crippen LogP contribution in [0.25, 0.3) is 0 Å². The summed E-state index contributed by atoms with van der Waals surface area (Å²) in [5.41, 5.74) is 0.176. The Morgan fingerprint density at radius 1 is 1.62 bits per heavy atom. The molecule has 4 heteroatoms. The Kier molecular flexibility index (Phi) is 15.3. The van der Waals surface area contributed by atoms with Crippen molar-refractivity contribution in [3.8, 4) is 0 Å². The zero-order chi connectivity index (χ0) is 5.15. The van der Waals surface area contributed by atoms with Crippen molar-refractivity contribution in [2.24, 2.45) is 0 Å². The predicted molar refractivity (Wildman–Crippen MR) is 29.7 cm³/mol. The zero-order valence-corrected chi connectivity index (χ0v) is 8.99. The molecule has 45 valence electrons. The molecule has 2 nitrogen and oxygen atoms in total. The molecule has 8 heavy (non-hydrogen) atoms. The summed E-state index contributed by atoms with van der Waals surface area (Å²) < 4.78 is 0. The van der Waals surface area contributed by atoms with Crippen LogP contribution in [0.3, 0.4) is 0 Å². The molecule has 0 unspecified atom stereocenters. The molecule has 0 atom stereocenters. The molecule has 1 radical (unpaired) electrons. The van der Waals surface area contributed by atoms with Gasteiger partial charge in [-0.1, -0.05) is 6.58 Å². The number of carbonyl (C=O) groups is 1. The number of aliphatic carboxylic acids is 1. The van der Waals surface area contributed by atoms with E-state index in [0.29, 0.717) is 0 Å². The summed E-state index contributed by atoms with van der Waals surface area (Å²) in [6.45, 7) is 4.60. The second-order valence-corrected chi connectivity index (χ2v) is 1.09. The van der Waals surface area contributed by atoms with Gasteiger partial charge in [0, 0.05) is 41.2 Å². The molecule has 0 amide bonds. The molecule has 0 aromatic heterocycles. The molecule has 0 spiro atoms. The maximum Gasteiger partial charge on any atom is 0.330 e. The zero-order valence-electron chi connectivity index (χ0n) is 4.55. The maximum atomic E-state index is 9.60. The second kappa shape index (κ2) is 7.69. The van der Waals surface area contributed by atoms with Crippen LogP contribution in [0, 0.1) is 35.6 Å². The largest absolute Gasteiger partial charge is 0.478 e. The molecule has 0 heterocycles. The Balaban J connectivity index is -0.000000125. The maximum absolute atomic E-state index is 9.60. The van der Waals surface area contributed by atoms with E-state index in [0.717, 1.165) is 0 Å². The van der Waals surface area contributed by atoms with Crippen molar-refractivity contribution in [1.82, 2.24) is 0 Å². The smallest absolute Gasteiger partial charge is 0.330 e. The summed E-state index contributed by atoms with van der Waals surface area (Å²) in [7, 11) is 0. The first-order chi connectivity index (χ1) is 2.64. The third-order valence-electron chi connectivity index (χ3n) is 0.365. The SMILES string of the molecule is C=C(C)C(=O)O.Cl.[La]. The van der Waals surface area contributed by atoms with Crippen molar-refractivity contribution in [3.05, 3.63) is 12.2 Å². The van der Waals surface area contributed by atoms with E-state index in [1.807, 2.05) is 0 Å². The Morgan fingerprint density at radius 2 is 1.75 bits per heavy atom. The number of halogens is 1. The van der Waals surface area contributed by atoms with Crippen molar-refractivity contribution in [1.29, 1.82) is 0 Å². The molecule has 0 aromatic carbocycles. The minimum atomic E-state index is -0.935. The number of carboxylic acids is 1. The predicted octanol–water partition coefficient (Wildman–Crippen LogP) is 1.07. The third kappa shape index (κ3) is 9.85. The second-order valence-electron chi connectivity index (χ2n) is 1.09. The first kappa shape index (κ1) is 15.9. The number of rotatable bonds is 1. The van der Waals surface area contributed by atoms with Gasteiger partial charge in [0.1, 0.15) is 0 Å². The molecule has 1 N–H and O–H groups in total. The van der Waals surface area contributed by atoms with Crippen molar-refractivity contribution in [2.45, 2.75) is 6.92 Å². The summed E-state index contributed by atoms with van der Waals surface area (Å²) in [6, 6.07) is 0. The van der Waals surface area contributed by atoms with Crippen LogP contribution < -0.4 is 0 Å². The molecule has 0 fully saturated rings. The van der Waals surface area contributed by atoms with Gasteiger partial charge >= 0.3 is 5.97 Å². The van der Waals surface area contributed by atoms with E-state index < -0.39 is 5.97 Å². The normalized spacial score (nSPS) is 5.62. The van der Waals surface area contributed by atoms with E-state index in [-0.39, 0.29) is 53.6 Å². The third-order valence-corrected chi connectivity index (χ3v) is 0.365. The summed E-state index contributed by atoms with van der Waals surface area (Å²) in [6.07, 6.45) is 0. The van der Waals surface area contributed by atoms with Gasteiger partial charge in [-0.15, -0.1) is 12.4 Å². The van der Waals surface area contributed by atoms with Gasteiger partial charge in [0.2, 0.25) is 0 Å².